The van der Waals surface area contributed by atoms with E-state index in [1.165, 1.54) is 18.4 Å². The molecule has 0 aliphatic carbocycles. The highest BCUT2D eigenvalue weighted by Gasteiger charge is 2.44. The van der Waals surface area contributed by atoms with E-state index in [1.807, 2.05) is 56.3 Å². The van der Waals surface area contributed by atoms with E-state index in [2.05, 4.69) is 48.8 Å². The molecule has 1 saturated heterocycles. The average molecular weight is 611 g/mol. The highest BCUT2D eigenvalue weighted by atomic mass is 32.1. The molecule has 8 nitrogen and oxygen atoms in total. The Labute approximate surface area is 262 Å². The molecular weight excluding hydrogens is 572 g/mol. The van der Waals surface area contributed by atoms with Gasteiger partial charge >= 0.3 is 5.97 Å². The van der Waals surface area contributed by atoms with Gasteiger partial charge in [-0.25, -0.2) is 14.8 Å². The molecule has 0 spiro atoms. The van der Waals surface area contributed by atoms with Crippen LogP contribution in [0.3, 0.4) is 0 Å². The van der Waals surface area contributed by atoms with Gasteiger partial charge in [-0.3, -0.25) is 4.79 Å². The van der Waals surface area contributed by atoms with E-state index in [9.17, 15) is 9.59 Å². The van der Waals surface area contributed by atoms with Crippen LogP contribution >= 0.6 is 11.3 Å². The molecule has 2 aromatic heterocycles. The van der Waals surface area contributed by atoms with Crippen LogP contribution in [0.1, 0.15) is 51.8 Å². The summed E-state index contributed by atoms with van der Waals surface area (Å²) in [6, 6.07) is 16.8. The lowest BCUT2D eigenvalue weighted by Crippen LogP contribution is -2.50. The van der Waals surface area contributed by atoms with Gasteiger partial charge in [0.05, 0.1) is 30.6 Å². The molecule has 1 amide bonds. The lowest BCUT2D eigenvalue weighted by atomic mass is 9.86. The Kier molecular flexibility index (Phi) is 8.16. The minimum atomic E-state index is -0.756. The quantitative estimate of drug-likeness (QED) is 0.258. The maximum atomic E-state index is 14.1. The van der Waals surface area contributed by atoms with Crippen molar-refractivity contribution < 1.29 is 19.1 Å². The van der Waals surface area contributed by atoms with Crippen molar-refractivity contribution in [2.75, 3.05) is 19.0 Å². The van der Waals surface area contributed by atoms with E-state index >= 15 is 0 Å². The molecular formula is C35H38N4O4S. The lowest BCUT2D eigenvalue weighted by Gasteiger charge is -2.29. The number of aromatic nitrogens is 2. The van der Waals surface area contributed by atoms with Crippen molar-refractivity contribution in [1.82, 2.24) is 14.9 Å². The molecule has 4 heterocycles. The predicted molar refractivity (Wildman–Crippen MR) is 175 cm³/mol. The fourth-order valence-electron chi connectivity index (χ4n) is 5.91. The van der Waals surface area contributed by atoms with Crippen molar-refractivity contribution in [3.05, 3.63) is 77.3 Å². The van der Waals surface area contributed by atoms with E-state index in [0.717, 1.165) is 39.8 Å². The Bertz CT molecular complexity index is 1710. The lowest BCUT2D eigenvalue weighted by molar-refractivity contribution is -0.151. The summed E-state index contributed by atoms with van der Waals surface area (Å²) in [4.78, 5) is 38.6. The summed E-state index contributed by atoms with van der Waals surface area (Å²) in [6.07, 6.45) is 4.99. The van der Waals surface area contributed by atoms with Gasteiger partial charge in [0, 0.05) is 34.2 Å². The van der Waals surface area contributed by atoms with Crippen molar-refractivity contribution in [1.29, 1.82) is 0 Å². The van der Waals surface area contributed by atoms with Gasteiger partial charge in [0.1, 0.15) is 23.9 Å². The minimum absolute atomic E-state index is 0.0503. The minimum Gasteiger partial charge on any atom is -0.488 e. The van der Waals surface area contributed by atoms with Crippen molar-refractivity contribution in [3.8, 4) is 17.0 Å². The molecule has 0 saturated carbocycles. The zero-order valence-corrected chi connectivity index (χ0v) is 26.6. The normalized spacial score (nSPS) is 22.3. The first-order chi connectivity index (χ1) is 21.1. The van der Waals surface area contributed by atoms with Gasteiger partial charge in [-0.05, 0) is 30.0 Å². The number of amides is 1. The molecule has 6 rings (SSSR count). The number of methoxy groups -OCH3 is 1. The molecule has 4 aromatic rings. The zero-order chi connectivity index (χ0) is 31.0. The Morgan fingerprint density at radius 1 is 1.14 bits per heavy atom. The van der Waals surface area contributed by atoms with Crippen LogP contribution in [0.4, 0.5) is 5.13 Å². The molecule has 6 bridgehead atoms. The fourth-order valence-corrected chi connectivity index (χ4v) is 6.85. The monoisotopic (exact) mass is 610 g/mol. The van der Waals surface area contributed by atoms with Gasteiger partial charge in [-0.2, -0.15) is 0 Å². The number of nitrogens with one attached hydrogen (secondary N) is 1. The van der Waals surface area contributed by atoms with Gasteiger partial charge in [-0.15, -0.1) is 11.3 Å². The first kappa shape index (κ1) is 29.8. The highest BCUT2D eigenvalue weighted by Crippen LogP contribution is 2.36. The maximum Gasteiger partial charge on any atom is 0.328 e. The van der Waals surface area contributed by atoms with Crippen LogP contribution in [0, 0.1) is 5.92 Å². The summed E-state index contributed by atoms with van der Waals surface area (Å²) in [5, 5.41) is 7.01. The number of ether oxygens (including phenoxy) is 2. The molecule has 2 aliphatic rings. The zero-order valence-electron chi connectivity index (χ0n) is 25.7. The number of nitrogens with zero attached hydrogens (tertiary/aromatic N) is 3. The number of carbonyl (C=O) groups excluding carboxylic acids is 2. The number of anilines is 1. The summed E-state index contributed by atoms with van der Waals surface area (Å²) >= 11 is 1.49. The first-order valence-corrected chi connectivity index (χ1v) is 15.9. The Balaban J connectivity index is 1.47. The van der Waals surface area contributed by atoms with E-state index in [4.69, 9.17) is 19.4 Å². The fraction of sp³-hybridized carbons (Fsp3) is 0.371. The number of thiazole rings is 1. The number of hydrogen-bond acceptors (Lipinski definition) is 8. The molecule has 228 valence electrons. The molecule has 2 aromatic carbocycles. The Hall–Kier alpha value is -4.24. The maximum absolute atomic E-state index is 14.1. The van der Waals surface area contributed by atoms with Crippen LogP contribution in [-0.2, 0) is 19.7 Å². The van der Waals surface area contributed by atoms with Gasteiger partial charge in [0.2, 0.25) is 5.91 Å². The van der Waals surface area contributed by atoms with Gasteiger partial charge < -0.3 is 19.7 Å². The number of rotatable bonds is 3. The Morgan fingerprint density at radius 3 is 2.68 bits per heavy atom. The topological polar surface area (TPSA) is 93.7 Å². The van der Waals surface area contributed by atoms with Gasteiger partial charge in [-0.1, -0.05) is 76.2 Å². The van der Waals surface area contributed by atoms with Crippen molar-refractivity contribution in [2.45, 2.75) is 64.1 Å². The standard InChI is InChI=1S/C35H38N4O4S/c1-21(2)31-32(40)39-19-24(17-28(39)33(41)42-5)43-29-18-27(23-11-7-6-8-12-23)36-26-14-13-22(16-25(26)29)10-9-15-35(3,4)30-20-44-34(37-30)38-31/h6-14,16,18,20-21,24,28,31H,15,17,19H2,1-5H3,(H,37,38)/b10-9+/t24-,28+,31+/m1/s1. The molecule has 1 fully saturated rings. The SMILES string of the molecule is COC(=O)[C@@H]1C[C@@H]2CN1C(=O)[C@H](C(C)C)Nc1nc(cs1)C(C)(C)C/C=C/c1ccc3nc(-c4ccccc4)cc(c3c1)O2. The number of allylic oxidation sites excluding steroid dienone is 1. The van der Waals surface area contributed by atoms with Crippen LogP contribution in [0.25, 0.3) is 28.2 Å². The summed E-state index contributed by atoms with van der Waals surface area (Å²) < 4.78 is 11.9. The average Bonchev–Trinajstić information content (AvgIpc) is 3.67. The summed E-state index contributed by atoms with van der Waals surface area (Å²) in [5.74, 6) is -0.00637. The van der Waals surface area contributed by atoms with Crippen LogP contribution in [0.2, 0.25) is 0 Å². The van der Waals surface area contributed by atoms with E-state index < -0.39 is 24.2 Å². The Morgan fingerprint density at radius 2 is 1.93 bits per heavy atom. The van der Waals surface area contributed by atoms with Crippen molar-refractivity contribution >= 4 is 45.3 Å². The number of pyridine rings is 1. The third-order valence-electron chi connectivity index (χ3n) is 8.52. The molecule has 44 heavy (non-hydrogen) atoms. The van der Waals surface area contributed by atoms with E-state index in [0.29, 0.717) is 17.3 Å². The number of carbonyl (C=O) groups is 2. The highest BCUT2D eigenvalue weighted by molar-refractivity contribution is 7.13. The second-order valence-corrected chi connectivity index (χ2v) is 13.4. The summed E-state index contributed by atoms with van der Waals surface area (Å²) in [6.45, 7) is 8.59. The molecule has 1 N–H and O–H groups in total. The van der Waals surface area contributed by atoms with Gasteiger partial charge in [0.15, 0.2) is 5.13 Å². The number of esters is 1. The van der Waals surface area contributed by atoms with Gasteiger partial charge in [0.25, 0.3) is 0 Å². The van der Waals surface area contributed by atoms with Crippen LogP contribution in [0.15, 0.2) is 66.1 Å². The number of benzene rings is 2. The first-order valence-electron chi connectivity index (χ1n) is 15.1. The molecule has 0 unspecified atom stereocenters. The third-order valence-corrected chi connectivity index (χ3v) is 9.30. The number of hydrogen-bond donors (Lipinski definition) is 1. The van der Waals surface area contributed by atoms with Crippen molar-refractivity contribution in [3.63, 3.8) is 0 Å². The molecule has 2 aliphatic heterocycles. The van der Waals surface area contributed by atoms with Crippen LogP contribution in [0.5, 0.6) is 5.75 Å². The second-order valence-electron chi connectivity index (χ2n) is 12.5. The predicted octanol–water partition coefficient (Wildman–Crippen LogP) is 6.71. The number of fused-ring (bicyclic) bond motifs is 5. The van der Waals surface area contributed by atoms with E-state index in [1.54, 1.807) is 4.90 Å². The largest absolute Gasteiger partial charge is 0.488 e. The molecule has 3 atom stereocenters. The molecule has 9 heteroatoms. The van der Waals surface area contributed by atoms with Crippen LogP contribution < -0.4 is 10.1 Å². The van der Waals surface area contributed by atoms with E-state index in [-0.39, 0.29) is 23.8 Å². The third kappa shape index (κ3) is 5.93. The smallest absolute Gasteiger partial charge is 0.328 e. The second kappa shape index (κ2) is 12.0. The summed E-state index contributed by atoms with van der Waals surface area (Å²) in [7, 11) is 1.36. The van der Waals surface area contributed by atoms with Crippen LogP contribution in [-0.4, -0.2) is 58.6 Å². The summed E-state index contributed by atoms with van der Waals surface area (Å²) in [5.41, 5.74) is 4.36. The van der Waals surface area contributed by atoms with Crippen molar-refractivity contribution in [2.24, 2.45) is 5.92 Å². The molecule has 0 radical (unpaired) electrons.